The van der Waals surface area contributed by atoms with E-state index in [1.165, 1.54) is 13.1 Å². The Labute approximate surface area is 179 Å². The van der Waals surface area contributed by atoms with Crippen LogP contribution in [0.5, 0.6) is 5.75 Å². The number of fused-ring (bicyclic) bond motifs is 1. The van der Waals surface area contributed by atoms with Gasteiger partial charge in [0.2, 0.25) is 17.7 Å². The van der Waals surface area contributed by atoms with Gasteiger partial charge in [-0.05, 0) is 18.1 Å². The number of rotatable bonds is 8. The Kier molecular flexibility index (Phi) is 7.79. The summed E-state index contributed by atoms with van der Waals surface area (Å²) in [6, 6.07) is 2.87. The van der Waals surface area contributed by atoms with E-state index in [2.05, 4.69) is 20.4 Å². The number of nitrogens with one attached hydrogen (secondary N) is 2. The fourth-order valence-electron chi connectivity index (χ4n) is 2.34. The number of benzene rings is 1. The molecular weight excluding hydrogens is 439 g/mol. The van der Waals surface area contributed by atoms with Crippen LogP contribution in [0.1, 0.15) is 13.8 Å². The zero-order chi connectivity index (χ0) is 23.3. The molecule has 0 aliphatic carbocycles. The standard InChI is InChI=1S/C18H22F3N5O4S/c1-9(2)15(22)16(29)23-7-14(28)26(3)8-13(27)25-17-24-11-5-4-10(6-12(11)31-17)30-18(19,20)21/h4-6,9,15H,7-8,22H2,1-3H3,(H,23,29)(H,24,25,27). The number of thiazole rings is 1. The van der Waals surface area contributed by atoms with Crippen LogP contribution in [0.2, 0.25) is 0 Å². The Bertz CT molecular complexity index is 963. The maximum absolute atomic E-state index is 12.3. The van der Waals surface area contributed by atoms with E-state index in [-0.39, 0.29) is 24.1 Å². The number of alkyl halides is 3. The summed E-state index contributed by atoms with van der Waals surface area (Å²) in [7, 11) is 1.38. The van der Waals surface area contributed by atoms with Crippen molar-refractivity contribution in [2.75, 3.05) is 25.5 Å². The molecule has 0 aliphatic heterocycles. The average molecular weight is 461 g/mol. The van der Waals surface area contributed by atoms with Gasteiger partial charge in [-0.25, -0.2) is 4.98 Å². The van der Waals surface area contributed by atoms with Gasteiger partial charge in [0.15, 0.2) is 5.13 Å². The first-order chi connectivity index (χ1) is 14.4. The van der Waals surface area contributed by atoms with Crippen LogP contribution in [-0.4, -0.2) is 60.1 Å². The van der Waals surface area contributed by atoms with Gasteiger partial charge in [0.25, 0.3) is 0 Å². The van der Waals surface area contributed by atoms with E-state index in [4.69, 9.17) is 5.73 Å². The smallest absolute Gasteiger partial charge is 0.406 e. The lowest BCUT2D eigenvalue weighted by Gasteiger charge is -2.19. The Morgan fingerprint density at radius 3 is 2.58 bits per heavy atom. The average Bonchev–Trinajstić information content (AvgIpc) is 3.04. The van der Waals surface area contributed by atoms with E-state index in [0.29, 0.717) is 10.2 Å². The second kappa shape index (κ2) is 9.92. The molecule has 1 aromatic carbocycles. The highest BCUT2D eigenvalue weighted by Crippen LogP contribution is 2.31. The molecule has 170 valence electrons. The summed E-state index contributed by atoms with van der Waals surface area (Å²) in [6.45, 7) is 2.92. The zero-order valence-electron chi connectivity index (χ0n) is 16.9. The van der Waals surface area contributed by atoms with E-state index < -0.39 is 35.9 Å². The first-order valence-electron chi connectivity index (χ1n) is 9.09. The van der Waals surface area contributed by atoms with Gasteiger partial charge in [-0.3, -0.25) is 14.4 Å². The SMILES string of the molecule is CC(C)C(N)C(=O)NCC(=O)N(C)CC(=O)Nc1nc2ccc(OC(F)(F)F)cc2s1. The number of hydrogen-bond acceptors (Lipinski definition) is 7. The Morgan fingerprint density at radius 2 is 1.97 bits per heavy atom. The molecule has 1 atom stereocenters. The number of anilines is 1. The van der Waals surface area contributed by atoms with Crippen molar-refractivity contribution in [3.63, 3.8) is 0 Å². The van der Waals surface area contributed by atoms with Crippen LogP contribution in [0.3, 0.4) is 0 Å². The largest absolute Gasteiger partial charge is 0.573 e. The molecule has 0 bridgehead atoms. The topological polar surface area (TPSA) is 127 Å². The highest BCUT2D eigenvalue weighted by atomic mass is 32.1. The number of halogens is 3. The maximum Gasteiger partial charge on any atom is 0.573 e. The number of likely N-dealkylation sites (N-methyl/N-ethyl adjacent to an activating group) is 1. The van der Waals surface area contributed by atoms with Gasteiger partial charge in [-0.2, -0.15) is 0 Å². The van der Waals surface area contributed by atoms with Gasteiger partial charge in [-0.15, -0.1) is 13.2 Å². The summed E-state index contributed by atoms with van der Waals surface area (Å²) in [6.07, 6.45) is -4.81. The highest BCUT2D eigenvalue weighted by Gasteiger charge is 2.31. The summed E-state index contributed by atoms with van der Waals surface area (Å²) in [5, 5.41) is 5.06. The van der Waals surface area contributed by atoms with E-state index in [9.17, 15) is 27.6 Å². The Morgan fingerprint density at radius 1 is 1.29 bits per heavy atom. The van der Waals surface area contributed by atoms with Crippen molar-refractivity contribution in [2.24, 2.45) is 11.7 Å². The van der Waals surface area contributed by atoms with Crippen molar-refractivity contribution in [2.45, 2.75) is 26.3 Å². The Balaban J connectivity index is 1.90. The molecule has 0 saturated heterocycles. The molecule has 13 heteroatoms. The molecule has 3 amide bonds. The lowest BCUT2D eigenvalue weighted by Crippen LogP contribution is -2.48. The lowest BCUT2D eigenvalue weighted by atomic mass is 10.1. The Hall–Kier alpha value is -2.93. The number of nitrogens with two attached hydrogens (primary N) is 1. The van der Waals surface area contributed by atoms with Gasteiger partial charge >= 0.3 is 6.36 Å². The predicted octanol–water partition coefficient (Wildman–Crippen LogP) is 1.69. The molecule has 31 heavy (non-hydrogen) atoms. The molecule has 1 aromatic heterocycles. The third kappa shape index (κ3) is 7.36. The van der Waals surface area contributed by atoms with Crippen LogP contribution in [0.15, 0.2) is 18.2 Å². The van der Waals surface area contributed by atoms with Gasteiger partial charge in [0.05, 0.1) is 29.3 Å². The molecule has 1 heterocycles. The molecule has 2 rings (SSSR count). The molecule has 0 aliphatic rings. The third-order valence-electron chi connectivity index (χ3n) is 4.08. The second-order valence-electron chi connectivity index (χ2n) is 6.98. The number of ether oxygens (including phenoxy) is 1. The fraction of sp³-hybridized carbons (Fsp3) is 0.444. The van der Waals surface area contributed by atoms with Crippen molar-refractivity contribution >= 4 is 44.4 Å². The van der Waals surface area contributed by atoms with E-state index in [1.807, 2.05) is 0 Å². The minimum atomic E-state index is -4.81. The van der Waals surface area contributed by atoms with Gasteiger partial charge in [0, 0.05) is 13.1 Å². The van der Waals surface area contributed by atoms with Crippen molar-refractivity contribution in [1.82, 2.24) is 15.2 Å². The summed E-state index contributed by atoms with van der Waals surface area (Å²) in [5.74, 6) is -2.02. The molecule has 4 N–H and O–H groups in total. The van der Waals surface area contributed by atoms with E-state index >= 15 is 0 Å². The number of carbonyl (C=O) groups excluding carboxylic acids is 3. The van der Waals surface area contributed by atoms with E-state index in [0.717, 1.165) is 28.4 Å². The van der Waals surface area contributed by atoms with Gasteiger partial charge < -0.3 is 26.0 Å². The van der Waals surface area contributed by atoms with Crippen LogP contribution in [0, 0.1) is 5.92 Å². The predicted molar refractivity (Wildman–Crippen MR) is 108 cm³/mol. The van der Waals surface area contributed by atoms with Crippen LogP contribution >= 0.6 is 11.3 Å². The molecule has 9 nitrogen and oxygen atoms in total. The lowest BCUT2D eigenvalue weighted by molar-refractivity contribution is -0.274. The number of nitrogens with zero attached hydrogens (tertiary/aromatic N) is 2. The van der Waals surface area contributed by atoms with Crippen molar-refractivity contribution in [1.29, 1.82) is 0 Å². The summed E-state index contributed by atoms with van der Waals surface area (Å²) in [5.41, 5.74) is 6.07. The van der Waals surface area contributed by atoms with Crippen molar-refractivity contribution < 1.29 is 32.3 Å². The molecule has 1 unspecified atom stereocenters. The van der Waals surface area contributed by atoms with Crippen LogP contribution in [0.25, 0.3) is 10.2 Å². The molecule has 0 radical (unpaired) electrons. The van der Waals surface area contributed by atoms with Gasteiger partial charge in [0.1, 0.15) is 5.75 Å². The van der Waals surface area contributed by atoms with Crippen LogP contribution < -0.4 is 21.1 Å². The minimum Gasteiger partial charge on any atom is -0.406 e. The van der Waals surface area contributed by atoms with Gasteiger partial charge in [-0.1, -0.05) is 25.2 Å². The number of carbonyl (C=O) groups is 3. The van der Waals surface area contributed by atoms with Crippen LogP contribution in [-0.2, 0) is 14.4 Å². The molecule has 0 spiro atoms. The highest BCUT2D eigenvalue weighted by molar-refractivity contribution is 7.22. The fourth-order valence-corrected chi connectivity index (χ4v) is 3.25. The van der Waals surface area contributed by atoms with Crippen LogP contribution in [0.4, 0.5) is 18.3 Å². The molecule has 0 saturated carbocycles. The number of amides is 3. The number of hydrogen-bond donors (Lipinski definition) is 3. The van der Waals surface area contributed by atoms with Crippen molar-refractivity contribution in [3.05, 3.63) is 18.2 Å². The summed E-state index contributed by atoms with van der Waals surface area (Å²) in [4.78, 5) is 41.3. The zero-order valence-corrected chi connectivity index (χ0v) is 17.8. The quantitative estimate of drug-likeness (QED) is 0.549. The summed E-state index contributed by atoms with van der Waals surface area (Å²) < 4.78 is 41.2. The minimum absolute atomic E-state index is 0.0940. The molecule has 0 fully saturated rings. The number of aromatic nitrogens is 1. The monoisotopic (exact) mass is 461 g/mol. The normalized spacial score (nSPS) is 12.5. The van der Waals surface area contributed by atoms with E-state index in [1.54, 1.807) is 13.8 Å². The third-order valence-corrected chi connectivity index (χ3v) is 5.01. The maximum atomic E-state index is 12.3. The molecule has 2 aromatic rings. The summed E-state index contributed by atoms with van der Waals surface area (Å²) >= 11 is 0.957. The first-order valence-corrected chi connectivity index (χ1v) is 9.91. The first kappa shape index (κ1) is 24.3. The van der Waals surface area contributed by atoms with Crippen molar-refractivity contribution in [3.8, 4) is 5.75 Å². The second-order valence-corrected chi connectivity index (χ2v) is 8.01. The molecular formula is C18H22F3N5O4S.